The molecular weight excluding hydrogens is 114 g/mol. The minimum atomic E-state index is 0.819. The molecular formula is C6H14N3+. The molecule has 0 amide bonds. The van der Waals surface area contributed by atoms with Crippen LogP contribution in [0.25, 0.3) is 0 Å². The Balaban J connectivity index is 3.20. The summed E-state index contributed by atoms with van der Waals surface area (Å²) in [6.45, 7) is 1.86. The lowest BCUT2D eigenvalue weighted by Gasteiger charge is -2.01. The van der Waals surface area contributed by atoms with Crippen LogP contribution >= 0.6 is 0 Å². The van der Waals surface area contributed by atoms with Crippen LogP contribution in [0.5, 0.6) is 0 Å². The van der Waals surface area contributed by atoms with Gasteiger partial charge >= 0.3 is 0 Å². The van der Waals surface area contributed by atoms with Gasteiger partial charge < -0.3 is 4.90 Å². The van der Waals surface area contributed by atoms with E-state index >= 15 is 0 Å². The molecule has 0 aromatic rings. The zero-order chi connectivity index (χ0) is 7.11. The molecule has 3 nitrogen and oxygen atoms in total. The molecule has 0 aliphatic heterocycles. The number of likely N-dealkylation sites (N-methyl/N-ethyl adjacent to an activating group) is 1. The summed E-state index contributed by atoms with van der Waals surface area (Å²) in [6.07, 6.45) is 0. The fraction of sp³-hybridized carbons (Fsp3) is 0.833. The lowest BCUT2D eigenvalue weighted by molar-refractivity contribution is -0.856. The average molecular weight is 128 g/mol. The molecule has 0 rings (SSSR count). The minimum absolute atomic E-state index is 0.819. The second-order valence-corrected chi connectivity index (χ2v) is 2.16. The molecule has 1 N–H and O–H groups in total. The van der Waals surface area contributed by atoms with E-state index in [4.69, 9.17) is 0 Å². The van der Waals surface area contributed by atoms with Crippen molar-refractivity contribution in [3.05, 3.63) is 0 Å². The first-order chi connectivity index (χ1) is 4.27. The summed E-state index contributed by atoms with van der Waals surface area (Å²) >= 11 is 0. The first-order valence-electron chi connectivity index (χ1n) is 3.06. The van der Waals surface area contributed by atoms with Gasteiger partial charge in [0.05, 0.1) is 33.2 Å². The van der Waals surface area contributed by atoms with Gasteiger partial charge in [-0.3, -0.25) is 0 Å². The Labute approximate surface area is 56.1 Å². The summed E-state index contributed by atoms with van der Waals surface area (Å²) < 4.78 is 0. The van der Waals surface area contributed by atoms with Gasteiger partial charge in [-0.05, 0) is 0 Å². The van der Waals surface area contributed by atoms with Gasteiger partial charge in [-0.25, -0.2) is 9.98 Å². The molecule has 0 aromatic heterocycles. The number of hydrogen-bond donors (Lipinski definition) is 1. The zero-order valence-electron chi connectivity index (χ0n) is 6.31. The van der Waals surface area contributed by atoms with Crippen LogP contribution in [0.4, 0.5) is 0 Å². The highest BCUT2D eigenvalue weighted by molar-refractivity contribution is 5.40. The highest BCUT2D eigenvalue weighted by Crippen LogP contribution is 1.57. The van der Waals surface area contributed by atoms with E-state index in [0.29, 0.717) is 0 Å². The SMILES string of the molecule is CN=C=NCC[NH+](C)C. The van der Waals surface area contributed by atoms with Crippen molar-refractivity contribution in [2.24, 2.45) is 9.98 Å². The van der Waals surface area contributed by atoms with Gasteiger partial charge in [-0.1, -0.05) is 0 Å². The van der Waals surface area contributed by atoms with Crippen LogP contribution in [0.2, 0.25) is 0 Å². The highest BCUT2D eigenvalue weighted by Gasteiger charge is 1.86. The van der Waals surface area contributed by atoms with Gasteiger partial charge in [0.2, 0.25) is 0 Å². The first kappa shape index (κ1) is 8.34. The van der Waals surface area contributed by atoms with E-state index in [1.807, 2.05) is 0 Å². The molecule has 0 unspecified atom stereocenters. The largest absolute Gasteiger partial charge is 0.338 e. The number of rotatable bonds is 3. The van der Waals surface area contributed by atoms with Crippen LogP contribution in [0.3, 0.4) is 0 Å². The zero-order valence-corrected chi connectivity index (χ0v) is 6.31. The van der Waals surface area contributed by atoms with Crippen LogP contribution in [0.15, 0.2) is 9.98 Å². The molecule has 0 spiro atoms. The molecule has 52 valence electrons. The van der Waals surface area contributed by atoms with Gasteiger partial charge in [0.15, 0.2) is 0 Å². The number of nitrogens with zero attached hydrogens (tertiary/aromatic N) is 2. The molecule has 0 fully saturated rings. The van der Waals surface area contributed by atoms with E-state index < -0.39 is 0 Å². The van der Waals surface area contributed by atoms with E-state index in [9.17, 15) is 0 Å². The number of quaternary nitrogens is 1. The summed E-state index contributed by atoms with van der Waals surface area (Å²) in [7, 11) is 5.86. The number of nitrogens with one attached hydrogen (secondary N) is 1. The van der Waals surface area contributed by atoms with E-state index in [0.717, 1.165) is 13.1 Å². The smallest absolute Gasteiger partial charge is 0.0990 e. The third-order valence-electron chi connectivity index (χ3n) is 0.894. The molecule has 0 bridgehead atoms. The second-order valence-electron chi connectivity index (χ2n) is 2.16. The Kier molecular flexibility index (Phi) is 5.07. The molecule has 0 radical (unpaired) electrons. The maximum atomic E-state index is 3.89. The predicted molar refractivity (Wildman–Crippen MR) is 38.3 cm³/mol. The molecule has 3 heteroatoms. The molecule has 0 heterocycles. The monoisotopic (exact) mass is 128 g/mol. The van der Waals surface area contributed by atoms with Gasteiger partial charge in [-0.2, -0.15) is 0 Å². The lowest BCUT2D eigenvalue weighted by atomic mass is 10.6. The standard InChI is InChI=1S/C6H13N3/c1-7-6-8-4-5-9(2)3/h4-5H2,1-3H3/p+1. The molecule has 0 atom stereocenters. The van der Waals surface area contributed by atoms with Crippen molar-refractivity contribution in [1.82, 2.24) is 0 Å². The third-order valence-corrected chi connectivity index (χ3v) is 0.894. The van der Waals surface area contributed by atoms with Crippen molar-refractivity contribution in [1.29, 1.82) is 0 Å². The van der Waals surface area contributed by atoms with Crippen molar-refractivity contribution < 1.29 is 4.90 Å². The number of hydrogen-bond acceptors (Lipinski definition) is 2. The van der Waals surface area contributed by atoms with Crippen molar-refractivity contribution >= 4 is 6.01 Å². The predicted octanol–water partition coefficient (Wildman–Crippen LogP) is -1.07. The highest BCUT2D eigenvalue weighted by atomic mass is 15.1. The molecule has 0 aromatic carbocycles. The molecule has 9 heavy (non-hydrogen) atoms. The minimum Gasteiger partial charge on any atom is -0.338 e. The quantitative estimate of drug-likeness (QED) is 0.469. The molecule has 0 saturated carbocycles. The molecule has 0 aliphatic carbocycles. The normalized spacial score (nSPS) is 8.89. The summed E-state index contributed by atoms with van der Waals surface area (Å²) in [5, 5.41) is 0. The van der Waals surface area contributed by atoms with Crippen LogP contribution in [-0.2, 0) is 0 Å². The summed E-state index contributed by atoms with van der Waals surface area (Å²) in [6, 6.07) is 2.54. The van der Waals surface area contributed by atoms with Crippen LogP contribution in [0.1, 0.15) is 0 Å². The fourth-order valence-corrected chi connectivity index (χ4v) is 0.400. The first-order valence-corrected chi connectivity index (χ1v) is 3.06. The third kappa shape index (κ3) is 7.34. The Hall–Kier alpha value is -0.660. The van der Waals surface area contributed by atoms with E-state index in [1.165, 1.54) is 4.90 Å². The van der Waals surface area contributed by atoms with Crippen LogP contribution in [0, 0.1) is 0 Å². The van der Waals surface area contributed by atoms with E-state index in [2.05, 4.69) is 30.1 Å². The summed E-state index contributed by atoms with van der Waals surface area (Å²) in [5.74, 6) is 0. The Morgan fingerprint density at radius 2 is 2.11 bits per heavy atom. The van der Waals surface area contributed by atoms with Crippen LogP contribution in [-0.4, -0.2) is 40.2 Å². The van der Waals surface area contributed by atoms with Gasteiger partial charge in [0.1, 0.15) is 0 Å². The van der Waals surface area contributed by atoms with Crippen molar-refractivity contribution in [3.63, 3.8) is 0 Å². The Morgan fingerprint density at radius 3 is 2.56 bits per heavy atom. The van der Waals surface area contributed by atoms with Crippen molar-refractivity contribution in [3.8, 4) is 0 Å². The van der Waals surface area contributed by atoms with Crippen molar-refractivity contribution in [2.75, 3.05) is 34.2 Å². The number of aliphatic imine (C=N–C) groups is 2. The Morgan fingerprint density at radius 1 is 1.44 bits per heavy atom. The van der Waals surface area contributed by atoms with Gasteiger partial charge in [-0.15, -0.1) is 0 Å². The average Bonchev–Trinajstić information content (AvgIpc) is 1.80. The second kappa shape index (κ2) is 5.48. The Bertz CT molecular complexity index is 111. The molecule has 0 saturated heterocycles. The van der Waals surface area contributed by atoms with Crippen LogP contribution < -0.4 is 4.90 Å². The van der Waals surface area contributed by atoms with Crippen molar-refractivity contribution in [2.45, 2.75) is 0 Å². The van der Waals surface area contributed by atoms with E-state index in [1.54, 1.807) is 7.05 Å². The summed E-state index contributed by atoms with van der Waals surface area (Å²) in [4.78, 5) is 8.90. The topological polar surface area (TPSA) is 29.2 Å². The van der Waals surface area contributed by atoms with Gasteiger partial charge in [0, 0.05) is 7.05 Å². The maximum absolute atomic E-state index is 3.89. The maximum Gasteiger partial charge on any atom is 0.0990 e. The van der Waals surface area contributed by atoms with E-state index in [-0.39, 0.29) is 0 Å². The lowest BCUT2D eigenvalue weighted by Crippen LogP contribution is -3.06. The summed E-state index contributed by atoms with van der Waals surface area (Å²) in [5.41, 5.74) is 0. The molecule has 0 aliphatic rings. The van der Waals surface area contributed by atoms with Gasteiger partial charge in [0.25, 0.3) is 0 Å². The fourth-order valence-electron chi connectivity index (χ4n) is 0.400.